The van der Waals surface area contributed by atoms with E-state index in [1.807, 2.05) is 12.1 Å². The third kappa shape index (κ3) is 4.87. The molecule has 0 aromatic heterocycles. The van der Waals surface area contributed by atoms with E-state index in [1.165, 1.54) is 31.5 Å². The van der Waals surface area contributed by atoms with Crippen molar-refractivity contribution in [1.82, 2.24) is 4.90 Å². The molecule has 1 heterocycles. The van der Waals surface area contributed by atoms with Gasteiger partial charge in [-0.05, 0) is 44.4 Å². The first kappa shape index (κ1) is 15.3. The summed E-state index contributed by atoms with van der Waals surface area (Å²) in [7, 11) is 0. The van der Waals surface area contributed by atoms with Crippen LogP contribution in [0.25, 0.3) is 0 Å². The van der Waals surface area contributed by atoms with Crippen molar-refractivity contribution >= 4 is 12.4 Å². The van der Waals surface area contributed by atoms with E-state index in [0.29, 0.717) is 0 Å². The van der Waals surface area contributed by atoms with E-state index in [1.54, 1.807) is 0 Å². The van der Waals surface area contributed by atoms with Gasteiger partial charge in [-0.3, -0.25) is 4.90 Å². The molecule has 3 heteroatoms. The van der Waals surface area contributed by atoms with E-state index in [-0.39, 0.29) is 12.4 Å². The summed E-state index contributed by atoms with van der Waals surface area (Å²) in [6.45, 7) is 8.76. The number of nitrogens with zero attached hydrogens (tertiary/aromatic N) is 1. The van der Waals surface area contributed by atoms with Gasteiger partial charge in [0.2, 0.25) is 0 Å². The molecule has 0 saturated carbocycles. The Labute approximate surface area is 117 Å². The van der Waals surface area contributed by atoms with Crippen molar-refractivity contribution in [3.63, 3.8) is 0 Å². The summed E-state index contributed by atoms with van der Waals surface area (Å²) in [5, 5.41) is 0. The highest BCUT2D eigenvalue weighted by Gasteiger charge is 2.15. The first-order chi connectivity index (χ1) is 8.24. The Morgan fingerprint density at radius 3 is 2.67 bits per heavy atom. The van der Waals surface area contributed by atoms with Crippen LogP contribution < -0.4 is 4.74 Å². The average molecular weight is 270 g/mol. The Morgan fingerprint density at radius 1 is 1.28 bits per heavy atom. The average Bonchev–Trinajstić information content (AvgIpc) is 2.32. The number of hydrogen-bond acceptors (Lipinski definition) is 2. The second kappa shape index (κ2) is 7.65. The van der Waals surface area contributed by atoms with Crippen LogP contribution in [-0.2, 0) is 0 Å². The topological polar surface area (TPSA) is 12.5 Å². The highest BCUT2D eigenvalue weighted by molar-refractivity contribution is 5.85. The van der Waals surface area contributed by atoms with Gasteiger partial charge < -0.3 is 4.74 Å². The van der Waals surface area contributed by atoms with Crippen molar-refractivity contribution in [3.8, 4) is 5.75 Å². The second-order valence-electron chi connectivity index (χ2n) is 5.21. The number of benzene rings is 1. The van der Waals surface area contributed by atoms with Crippen LogP contribution in [0.5, 0.6) is 5.75 Å². The summed E-state index contributed by atoms with van der Waals surface area (Å²) in [6, 6.07) is 8.29. The number of ether oxygens (including phenoxy) is 1. The van der Waals surface area contributed by atoms with Crippen molar-refractivity contribution in [3.05, 3.63) is 29.8 Å². The van der Waals surface area contributed by atoms with E-state index in [2.05, 4.69) is 30.9 Å². The fourth-order valence-electron chi connectivity index (χ4n) is 2.42. The lowest BCUT2D eigenvalue weighted by Crippen LogP contribution is -2.37. The van der Waals surface area contributed by atoms with Crippen molar-refractivity contribution in [2.75, 3.05) is 26.2 Å². The van der Waals surface area contributed by atoms with Gasteiger partial charge in [0.15, 0.2) is 0 Å². The summed E-state index contributed by atoms with van der Waals surface area (Å²) < 4.78 is 5.76. The molecule has 1 saturated heterocycles. The Balaban J connectivity index is 0.00000162. The largest absolute Gasteiger partial charge is 0.492 e. The van der Waals surface area contributed by atoms with E-state index < -0.39 is 0 Å². The molecule has 1 unspecified atom stereocenters. The third-order valence-electron chi connectivity index (χ3n) is 3.44. The zero-order valence-electron chi connectivity index (χ0n) is 11.4. The fourth-order valence-corrected chi connectivity index (χ4v) is 2.42. The molecule has 102 valence electrons. The van der Waals surface area contributed by atoms with Gasteiger partial charge in [0, 0.05) is 13.1 Å². The second-order valence-corrected chi connectivity index (χ2v) is 5.21. The normalized spacial score (nSPS) is 20.2. The van der Waals surface area contributed by atoms with Crippen LogP contribution in [0.3, 0.4) is 0 Å². The van der Waals surface area contributed by atoms with Crippen LogP contribution >= 0.6 is 12.4 Å². The molecule has 1 atom stereocenters. The standard InChI is InChI=1S/C15H23NO.ClH/c1-13-5-7-15(8-6-13)17-11-10-16-9-3-4-14(2)12-16;/h5-8,14H,3-4,9-12H2,1-2H3;1H. The maximum absolute atomic E-state index is 5.76. The molecule has 18 heavy (non-hydrogen) atoms. The Morgan fingerprint density at radius 2 is 2.00 bits per heavy atom. The van der Waals surface area contributed by atoms with Crippen molar-refractivity contribution in [2.45, 2.75) is 26.7 Å². The SMILES string of the molecule is Cc1ccc(OCCN2CCCC(C)C2)cc1.Cl. The maximum atomic E-state index is 5.76. The van der Waals surface area contributed by atoms with Gasteiger partial charge in [-0.25, -0.2) is 0 Å². The van der Waals surface area contributed by atoms with Gasteiger partial charge in [0.05, 0.1) is 0 Å². The van der Waals surface area contributed by atoms with Gasteiger partial charge in [0.25, 0.3) is 0 Å². The minimum Gasteiger partial charge on any atom is -0.492 e. The highest BCUT2D eigenvalue weighted by Crippen LogP contribution is 2.15. The maximum Gasteiger partial charge on any atom is 0.119 e. The molecule has 2 rings (SSSR count). The molecule has 1 aliphatic rings. The first-order valence-electron chi connectivity index (χ1n) is 6.66. The van der Waals surface area contributed by atoms with Gasteiger partial charge in [0.1, 0.15) is 12.4 Å². The number of likely N-dealkylation sites (tertiary alicyclic amines) is 1. The highest BCUT2D eigenvalue weighted by atomic mass is 35.5. The Kier molecular flexibility index (Phi) is 6.51. The number of hydrogen-bond donors (Lipinski definition) is 0. The summed E-state index contributed by atoms with van der Waals surface area (Å²) in [4.78, 5) is 2.52. The van der Waals surface area contributed by atoms with Crippen molar-refractivity contribution in [1.29, 1.82) is 0 Å². The number of aryl methyl sites for hydroxylation is 1. The zero-order valence-corrected chi connectivity index (χ0v) is 12.2. The molecule has 1 fully saturated rings. The number of halogens is 1. The predicted octanol–water partition coefficient (Wildman–Crippen LogP) is 3.53. The van der Waals surface area contributed by atoms with Gasteiger partial charge in [-0.1, -0.05) is 24.6 Å². The molecular formula is C15H24ClNO. The quantitative estimate of drug-likeness (QED) is 0.829. The minimum absolute atomic E-state index is 0. The third-order valence-corrected chi connectivity index (χ3v) is 3.44. The van der Waals surface area contributed by atoms with Crippen molar-refractivity contribution in [2.24, 2.45) is 5.92 Å². The lowest BCUT2D eigenvalue weighted by atomic mass is 10.0. The van der Waals surface area contributed by atoms with E-state index in [4.69, 9.17) is 4.74 Å². The Hall–Kier alpha value is -0.730. The minimum atomic E-state index is 0. The molecule has 1 aliphatic heterocycles. The van der Waals surface area contributed by atoms with E-state index in [0.717, 1.165) is 24.8 Å². The van der Waals surface area contributed by atoms with Crippen LogP contribution in [-0.4, -0.2) is 31.1 Å². The van der Waals surface area contributed by atoms with Crippen LogP contribution in [0.2, 0.25) is 0 Å². The molecule has 1 aromatic rings. The lowest BCUT2D eigenvalue weighted by molar-refractivity contribution is 0.153. The van der Waals surface area contributed by atoms with Gasteiger partial charge >= 0.3 is 0 Å². The molecule has 0 spiro atoms. The zero-order chi connectivity index (χ0) is 12.1. The molecule has 0 bridgehead atoms. The fraction of sp³-hybridized carbons (Fsp3) is 0.600. The predicted molar refractivity (Wildman–Crippen MR) is 78.8 cm³/mol. The smallest absolute Gasteiger partial charge is 0.119 e. The molecule has 0 radical (unpaired) electrons. The molecular weight excluding hydrogens is 246 g/mol. The molecule has 2 nitrogen and oxygen atoms in total. The summed E-state index contributed by atoms with van der Waals surface area (Å²) in [6.07, 6.45) is 2.72. The molecule has 1 aromatic carbocycles. The Bertz CT molecular complexity index is 339. The van der Waals surface area contributed by atoms with E-state index >= 15 is 0 Å². The van der Waals surface area contributed by atoms with Crippen LogP contribution in [0.1, 0.15) is 25.3 Å². The van der Waals surface area contributed by atoms with Gasteiger partial charge in [-0.15, -0.1) is 12.4 Å². The van der Waals surface area contributed by atoms with Crippen molar-refractivity contribution < 1.29 is 4.74 Å². The summed E-state index contributed by atoms with van der Waals surface area (Å²) in [5.74, 6) is 1.84. The van der Waals surface area contributed by atoms with Crippen LogP contribution in [0.15, 0.2) is 24.3 Å². The number of rotatable bonds is 4. The number of piperidine rings is 1. The monoisotopic (exact) mass is 269 g/mol. The van der Waals surface area contributed by atoms with Gasteiger partial charge in [-0.2, -0.15) is 0 Å². The lowest BCUT2D eigenvalue weighted by Gasteiger charge is -2.30. The van der Waals surface area contributed by atoms with Crippen LogP contribution in [0.4, 0.5) is 0 Å². The summed E-state index contributed by atoms with van der Waals surface area (Å²) in [5.41, 5.74) is 1.28. The first-order valence-corrected chi connectivity index (χ1v) is 6.66. The van der Waals surface area contributed by atoms with E-state index in [9.17, 15) is 0 Å². The molecule has 0 aliphatic carbocycles. The molecule has 0 amide bonds. The molecule has 0 N–H and O–H groups in total. The van der Waals surface area contributed by atoms with Crippen LogP contribution in [0, 0.1) is 12.8 Å². The summed E-state index contributed by atoms with van der Waals surface area (Å²) >= 11 is 0.